The quantitative estimate of drug-likeness (QED) is 0.146. The Balaban J connectivity index is 0.986. The molecule has 0 amide bonds. The molecule has 17 heteroatoms. The smallest absolute Gasteiger partial charge is 0.331 e. The van der Waals surface area contributed by atoms with Crippen molar-refractivity contribution in [3.05, 3.63) is 54.1 Å². The molecular weight excluding hydrogens is 873 g/mol. The van der Waals surface area contributed by atoms with E-state index in [-0.39, 0.29) is 49.5 Å². The Hall–Kier alpha value is -3.30. The number of ketones is 3. The molecule has 7 rings (SSSR count). The van der Waals surface area contributed by atoms with Gasteiger partial charge in [0.05, 0.1) is 47.6 Å². The Labute approximate surface area is 392 Å². The number of carbonyl (C=O) groups is 4. The molecule has 4 N–H and O–H groups in total. The zero-order valence-electron chi connectivity index (χ0n) is 39.8. The van der Waals surface area contributed by atoms with Gasteiger partial charge in [-0.15, -0.1) is 0 Å². The van der Waals surface area contributed by atoms with Crippen LogP contribution in [0.2, 0.25) is 0 Å². The normalized spacial score (nSPS) is 44.1. The van der Waals surface area contributed by atoms with Crippen LogP contribution in [0.15, 0.2) is 48.6 Å². The van der Waals surface area contributed by atoms with Crippen LogP contribution in [0, 0.1) is 22.7 Å². The molecule has 0 aromatic heterocycles. The molecule has 6 aliphatic rings. The van der Waals surface area contributed by atoms with Gasteiger partial charge in [-0.1, -0.05) is 37.3 Å². The van der Waals surface area contributed by atoms with Crippen LogP contribution in [-0.4, -0.2) is 156 Å². The maximum absolute atomic E-state index is 14.0. The van der Waals surface area contributed by atoms with E-state index in [0.29, 0.717) is 19.3 Å². The first-order valence-electron chi connectivity index (χ1n) is 23.7. The Kier molecular flexibility index (Phi) is 16.1. The van der Waals surface area contributed by atoms with Gasteiger partial charge in [-0.3, -0.25) is 14.4 Å². The topological polar surface area (TPSA) is 232 Å². The largest absolute Gasteiger partial charge is 0.458 e. The molecule has 3 heterocycles. The first kappa shape index (κ1) is 51.5. The minimum absolute atomic E-state index is 0.0288. The molecule has 0 spiro atoms. The number of methoxy groups -OCH3 is 2. The van der Waals surface area contributed by atoms with Crippen molar-refractivity contribution in [1.82, 2.24) is 0 Å². The number of fused-ring (bicyclic) bond motifs is 1. The Morgan fingerprint density at radius 1 is 0.851 bits per heavy atom. The van der Waals surface area contributed by atoms with E-state index in [1.807, 2.05) is 44.2 Å². The molecular formula is C50H70O17. The summed E-state index contributed by atoms with van der Waals surface area (Å²) >= 11 is 0. The number of aliphatic hydroxyl groups is 4. The minimum atomic E-state index is -1.53. The van der Waals surface area contributed by atoms with E-state index in [1.54, 1.807) is 34.0 Å². The number of benzene rings is 1. The lowest BCUT2D eigenvalue weighted by Crippen LogP contribution is -2.61. The first-order chi connectivity index (χ1) is 31.7. The fraction of sp³-hybridized carbons (Fsp3) is 0.720. The second kappa shape index (κ2) is 21.0. The van der Waals surface area contributed by atoms with E-state index in [0.717, 1.165) is 5.56 Å². The molecule has 2 saturated carbocycles. The lowest BCUT2D eigenvalue weighted by atomic mass is 9.52. The molecule has 3 saturated heterocycles. The number of aliphatic hydroxyl groups excluding tert-OH is 3. The summed E-state index contributed by atoms with van der Waals surface area (Å²) in [6.07, 6.45) is -5.43. The first-order valence-corrected chi connectivity index (χ1v) is 23.7. The molecule has 1 aromatic rings. The van der Waals surface area contributed by atoms with Gasteiger partial charge in [-0.25, -0.2) is 4.79 Å². The van der Waals surface area contributed by atoms with Gasteiger partial charge in [0, 0.05) is 63.2 Å². The van der Waals surface area contributed by atoms with Crippen LogP contribution in [0.5, 0.6) is 0 Å². The third-order valence-electron chi connectivity index (χ3n) is 15.8. The molecule has 17 nitrogen and oxygen atoms in total. The molecule has 0 bridgehead atoms. The van der Waals surface area contributed by atoms with Crippen molar-refractivity contribution in [2.24, 2.45) is 22.7 Å². The predicted molar refractivity (Wildman–Crippen MR) is 238 cm³/mol. The van der Waals surface area contributed by atoms with E-state index >= 15 is 0 Å². The van der Waals surface area contributed by atoms with Crippen LogP contribution in [0.3, 0.4) is 0 Å². The van der Waals surface area contributed by atoms with Crippen LogP contribution in [0.1, 0.15) is 98.5 Å². The monoisotopic (exact) mass is 942 g/mol. The highest BCUT2D eigenvalue weighted by Gasteiger charge is 2.62. The molecule has 3 aliphatic carbocycles. The summed E-state index contributed by atoms with van der Waals surface area (Å²) in [5.74, 6) is -2.95. The fourth-order valence-electron chi connectivity index (χ4n) is 11.6. The highest BCUT2D eigenvalue weighted by atomic mass is 16.7. The SMILES string of the molecule is CO[C@@H]1[C@@H](O)[C@H](O[C@H]2[C@@H](O)C[C@H](O[C@H]3[C@@H](OC)C[C@H](O[C@H]4CC[C@]5(C)[C@@H](C[C@@H](OC(=O)/C=C/c6ccccc6)[C@@]6(C)C(=O)CC[C@@H]6C(C)=O)C(=O)C=C[C@]5(O)C4)O[C@@H]3C)O[C@@H]2C)O[C@H](C)[C@H]1O. The Bertz CT molecular complexity index is 1960. The average molecular weight is 943 g/mol. The molecule has 5 fully saturated rings. The van der Waals surface area contributed by atoms with Crippen LogP contribution < -0.4 is 0 Å². The maximum Gasteiger partial charge on any atom is 0.331 e. The van der Waals surface area contributed by atoms with Crippen LogP contribution in [0.25, 0.3) is 6.08 Å². The zero-order chi connectivity index (χ0) is 48.6. The van der Waals surface area contributed by atoms with Crippen molar-refractivity contribution in [2.75, 3.05) is 14.2 Å². The zero-order valence-corrected chi connectivity index (χ0v) is 39.8. The minimum Gasteiger partial charge on any atom is -0.458 e. The summed E-state index contributed by atoms with van der Waals surface area (Å²) in [6, 6.07) is 9.18. The molecule has 1 aromatic carbocycles. The summed E-state index contributed by atoms with van der Waals surface area (Å²) in [4.78, 5) is 54.2. The van der Waals surface area contributed by atoms with Crippen molar-refractivity contribution in [2.45, 2.75) is 191 Å². The molecule has 372 valence electrons. The number of Topliss-reactive ketones (excluding diaryl/α,β-unsaturated/α-hetero) is 2. The summed E-state index contributed by atoms with van der Waals surface area (Å²) in [5, 5.41) is 44.9. The molecule has 20 atom stereocenters. The molecule has 67 heavy (non-hydrogen) atoms. The summed E-state index contributed by atoms with van der Waals surface area (Å²) in [6.45, 7) is 10.1. The highest BCUT2D eigenvalue weighted by molar-refractivity contribution is 5.97. The molecule has 0 radical (unpaired) electrons. The second-order valence-corrected chi connectivity index (χ2v) is 19.9. The van der Waals surface area contributed by atoms with Crippen LogP contribution in [-0.2, 0) is 61.8 Å². The summed E-state index contributed by atoms with van der Waals surface area (Å²) in [7, 11) is 2.93. The van der Waals surface area contributed by atoms with Crippen molar-refractivity contribution in [1.29, 1.82) is 0 Å². The second-order valence-electron chi connectivity index (χ2n) is 19.9. The predicted octanol–water partition coefficient (Wildman–Crippen LogP) is 3.54. The summed E-state index contributed by atoms with van der Waals surface area (Å²) in [5.41, 5.74) is -3.20. The lowest BCUT2D eigenvalue weighted by molar-refractivity contribution is -0.351. The van der Waals surface area contributed by atoms with Gasteiger partial charge in [-0.2, -0.15) is 0 Å². The Morgan fingerprint density at radius 3 is 2.19 bits per heavy atom. The van der Waals surface area contributed by atoms with E-state index in [1.165, 1.54) is 32.3 Å². The van der Waals surface area contributed by atoms with Gasteiger partial charge >= 0.3 is 5.97 Å². The number of allylic oxidation sites excluding steroid dienone is 1. The van der Waals surface area contributed by atoms with Gasteiger partial charge in [0.1, 0.15) is 48.2 Å². The number of carbonyl (C=O) groups excluding carboxylic acids is 4. The number of hydrogen-bond acceptors (Lipinski definition) is 17. The standard InChI is InChI=1S/C50H70O17/c1-26(51)32-15-16-37(54)49(32,6)38(65-39(55)17-14-30-12-10-9-11-13-30)22-33-34(52)19-21-50(58)25-31(18-20-48(33,50)5)64-41-24-36(59-7)45(29(4)62-41)66-40-23-35(53)44(28(3)61-40)67-47-43(57)46(60-8)42(56)27(2)63-47/h9-14,17,19,21,27-29,31-33,35-36,38,40-47,53,56-58H,15-16,18,20,22-25H2,1-8H3/b17-14+/t27-,28-,29-,31+,32-,33+,35+,36+,38-,40+,41+,42-,43-,44-,45-,46+,47+,48-,49-,50+/m1/s1. The number of esters is 1. The third kappa shape index (κ3) is 10.4. The molecule has 0 unspecified atom stereocenters. The third-order valence-corrected chi connectivity index (χ3v) is 15.8. The van der Waals surface area contributed by atoms with Gasteiger partial charge in [0.15, 0.2) is 24.7 Å². The van der Waals surface area contributed by atoms with Crippen molar-refractivity contribution in [3.63, 3.8) is 0 Å². The van der Waals surface area contributed by atoms with E-state index in [4.69, 9.17) is 42.6 Å². The fourth-order valence-corrected chi connectivity index (χ4v) is 11.6. The Morgan fingerprint density at radius 2 is 1.54 bits per heavy atom. The number of ether oxygens (including phenoxy) is 9. The van der Waals surface area contributed by atoms with Crippen LogP contribution >= 0.6 is 0 Å². The van der Waals surface area contributed by atoms with Gasteiger partial charge < -0.3 is 63.1 Å². The van der Waals surface area contributed by atoms with Gasteiger partial charge in [0.25, 0.3) is 0 Å². The van der Waals surface area contributed by atoms with E-state index < -0.39 is 126 Å². The lowest BCUT2D eigenvalue weighted by Gasteiger charge is -2.55. The summed E-state index contributed by atoms with van der Waals surface area (Å²) < 4.78 is 54.5. The van der Waals surface area contributed by atoms with Gasteiger partial charge in [0.2, 0.25) is 0 Å². The van der Waals surface area contributed by atoms with Crippen molar-refractivity contribution >= 4 is 29.4 Å². The van der Waals surface area contributed by atoms with Crippen molar-refractivity contribution < 1.29 is 82.2 Å². The highest BCUT2D eigenvalue weighted by Crippen LogP contribution is 2.57. The number of rotatable bonds is 15. The van der Waals surface area contributed by atoms with E-state index in [2.05, 4.69) is 0 Å². The van der Waals surface area contributed by atoms with Crippen LogP contribution in [0.4, 0.5) is 0 Å². The number of hydrogen-bond donors (Lipinski definition) is 4. The van der Waals surface area contributed by atoms with E-state index in [9.17, 15) is 39.6 Å². The average Bonchev–Trinajstić information content (AvgIpc) is 3.60. The van der Waals surface area contributed by atoms with Gasteiger partial charge in [-0.05, 0) is 84.1 Å². The molecule has 3 aliphatic heterocycles. The van der Waals surface area contributed by atoms with Crippen molar-refractivity contribution in [3.8, 4) is 0 Å². The maximum atomic E-state index is 14.0.